The van der Waals surface area contributed by atoms with Crippen molar-refractivity contribution >= 4 is 17.2 Å². The average molecular weight is 547 g/mol. The number of hydrogen-bond acceptors (Lipinski definition) is 5. The molecule has 10 heteroatoms. The van der Waals surface area contributed by atoms with E-state index in [0.29, 0.717) is 22.9 Å². The summed E-state index contributed by atoms with van der Waals surface area (Å²) in [6, 6.07) is 12.9. The molecule has 1 saturated heterocycles. The number of carbonyl (C=O) groups excluding carboxylic acids is 1. The van der Waals surface area contributed by atoms with Gasteiger partial charge in [-0.2, -0.15) is 18.3 Å². The Morgan fingerprint density at radius 3 is 2.73 bits per heavy atom. The number of carbonyl (C=O) groups is 1. The lowest BCUT2D eigenvalue weighted by Crippen LogP contribution is -2.31. The number of benzene rings is 2. The van der Waals surface area contributed by atoms with E-state index < -0.39 is 17.6 Å². The van der Waals surface area contributed by atoms with E-state index in [2.05, 4.69) is 32.1 Å². The molecule has 2 aromatic heterocycles. The highest BCUT2D eigenvalue weighted by Crippen LogP contribution is 2.35. The summed E-state index contributed by atoms with van der Waals surface area (Å²) in [5.41, 5.74) is 2.55. The smallest absolute Gasteiger partial charge is 0.322 e. The predicted molar refractivity (Wildman–Crippen MR) is 147 cm³/mol. The summed E-state index contributed by atoms with van der Waals surface area (Å²) in [7, 11) is 3.96. The Kier molecular flexibility index (Phi) is 7.61. The van der Waals surface area contributed by atoms with Crippen molar-refractivity contribution in [3.63, 3.8) is 0 Å². The van der Waals surface area contributed by atoms with Gasteiger partial charge in [-0.3, -0.25) is 9.69 Å². The van der Waals surface area contributed by atoms with Crippen LogP contribution in [0.1, 0.15) is 44.7 Å². The number of likely N-dealkylation sites (tertiary alicyclic amines) is 1. The van der Waals surface area contributed by atoms with Crippen LogP contribution in [0.25, 0.3) is 5.65 Å². The summed E-state index contributed by atoms with van der Waals surface area (Å²) in [5.74, 6) is 5.57. The van der Waals surface area contributed by atoms with Crippen LogP contribution < -0.4 is 5.32 Å². The number of aromatic nitrogens is 3. The molecule has 0 aliphatic carbocycles. The highest BCUT2D eigenvalue weighted by Gasteiger charge is 2.35. The van der Waals surface area contributed by atoms with Crippen LogP contribution in [0.4, 0.5) is 18.9 Å². The van der Waals surface area contributed by atoms with Crippen LogP contribution in [0.2, 0.25) is 0 Å². The Morgan fingerprint density at radius 2 is 1.98 bits per heavy atom. The van der Waals surface area contributed by atoms with Crippen molar-refractivity contribution in [1.82, 2.24) is 24.4 Å². The van der Waals surface area contributed by atoms with Gasteiger partial charge in [0.2, 0.25) is 0 Å². The van der Waals surface area contributed by atoms with E-state index in [9.17, 15) is 18.0 Å². The summed E-state index contributed by atoms with van der Waals surface area (Å²) in [4.78, 5) is 21.4. The molecule has 1 fully saturated rings. The van der Waals surface area contributed by atoms with Crippen molar-refractivity contribution in [3.8, 4) is 11.8 Å². The highest BCUT2D eigenvalue weighted by molar-refractivity contribution is 6.04. The van der Waals surface area contributed by atoms with Crippen molar-refractivity contribution < 1.29 is 18.0 Å². The number of fused-ring (bicyclic) bond motifs is 1. The van der Waals surface area contributed by atoms with Gasteiger partial charge >= 0.3 is 6.18 Å². The first-order valence-corrected chi connectivity index (χ1v) is 12.9. The maximum absolute atomic E-state index is 14.0. The first kappa shape index (κ1) is 27.4. The zero-order valence-electron chi connectivity index (χ0n) is 22.5. The van der Waals surface area contributed by atoms with Gasteiger partial charge in [-0.25, -0.2) is 9.50 Å². The van der Waals surface area contributed by atoms with Gasteiger partial charge in [0.05, 0.1) is 11.8 Å². The van der Waals surface area contributed by atoms with Crippen LogP contribution in [0, 0.1) is 18.8 Å². The van der Waals surface area contributed by atoms with Crippen molar-refractivity contribution in [1.29, 1.82) is 0 Å². The molecule has 2 aromatic carbocycles. The standard InChI is InChI=1S/C30H29F3N6O/c1-20-6-7-22(15-21(20)9-11-25-17-34-28-5-4-13-35-39(25)28)29(40)36-24-10-8-23(27(16-24)30(31,32)33)18-38-14-12-26(19-38)37(2)3/h4-8,10,13,15-17,26H,12,14,18-19H2,1-3H3,(H,36,40)/t26-/m1/s1. The molecule has 4 aromatic rings. The Hall–Kier alpha value is -4.20. The zero-order valence-corrected chi connectivity index (χ0v) is 22.5. The molecule has 1 atom stereocenters. The maximum Gasteiger partial charge on any atom is 0.416 e. The second-order valence-corrected chi connectivity index (χ2v) is 10.2. The van der Waals surface area contributed by atoms with Gasteiger partial charge in [0.25, 0.3) is 5.91 Å². The number of aryl methyl sites for hydroxylation is 1. The molecule has 3 heterocycles. The molecule has 206 valence electrons. The van der Waals surface area contributed by atoms with Gasteiger partial charge in [0.1, 0.15) is 5.69 Å². The Labute approximate surface area is 230 Å². The lowest BCUT2D eigenvalue weighted by atomic mass is 10.0. The fourth-order valence-electron chi connectivity index (χ4n) is 4.82. The van der Waals surface area contributed by atoms with Gasteiger partial charge in [-0.1, -0.05) is 18.1 Å². The first-order valence-electron chi connectivity index (χ1n) is 12.9. The number of nitrogens with zero attached hydrogens (tertiary/aromatic N) is 5. The van der Waals surface area contributed by atoms with E-state index in [-0.39, 0.29) is 23.4 Å². The van der Waals surface area contributed by atoms with E-state index in [1.807, 2.05) is 32.0 Å². The molecule has 0 radical (unpaired) electrons. The number of hydrogen-bond donors (Lipinski definition) is 1. The molecule has 0 saturated carbocycles. The topological polar surface area (TPSA) is 65.8 Å². The third kappa shape index (κ3) is 6.01. The highest BCUT2D eigenvalue weighted by atomic mass is 19.4. The molecule has 7 nitrogen and oxygen atoms in total. The van der Waals surface area contributed by atoms with E-state index in [1.54, 1.807) is 41.2 Å². The predicted octanol–water partition coefficient (Wildman–Crippen LogP) is 4.84. The second-order valence-electron chi connectivity index (χ2n) is 10.2. The molecular formula is C30H29F3N6O. The maximum atomic E-state index is 14.0. The second kappa shape index (κ2) is 11.1. The van der Waals surface area contributed by atoms with Gasteiger partial charge in [0, 0.05) is 48.7 Å². The summed E-state index contributed by atoms with van der Waals surface area (Å²) < 4.78 is 43.6. The largest absolute Gasteiger partial charge is 0.416 e. The van der Waals surface area contributed by atoms with Gasteiger partial charge in [-0.15, -0.1) is 0 Å². The Balaban J connectivity index is 1.34. The monoisotopic (exact) mass is 546 g/mol. The van der Waals surface area contributed by atoms with Crippen molar-refractivity contribution in [2.24, 2.45) is 0 Å². The normalized spacial score (nSPS) is 15.8. The molecule has 5 rings (SSSR count). The third-order valence-electron chi connectivity index (χ3n) is 7.15. The van der Waals surface area contributed by atoms with Gasteiger partial charge in [0.15, 0.2) is 5.65 Å². The fourth-order valence-corrected chi connectivity index (χ4v) is 4.82. The van der Waals surface area contributed by atoms with Crippen LogP contribution in [0.15, 0.2) is 60.9 Å². The third-order valence-corrected chi connectivity index (χ3v) is 7.15. The lowest BCUT2D eigenvalue weighted by molar-refractivity contribution is -0.138. The molecule has 40 heavy (non-hydrogen) atoms. The molecule has 0 bridgehead atoms. The minimum absolute atomic E-state index is 0.0821. The fraction of sp³-hybridized carbons (Fsp3) is 0.300. The molecule has 0 spiro atoms. The number of anilines is 1. The summed E-state index contributed by atoms with van der Waals surface area (Å²) in [6.07, 6.45) is -0.371. The van der Waals surface area contributed by atoms with E-state index in [0.717, 1.165) is 31.1 Å². The number of imidazole rings is 1. The number of rotatable bonds is 5. The summed E-state index contributed by atoms with van der Waals surface area (Å²) >= 11 is 0. The number of amides is 1. The van der Waals surface area contributed by atoms with E-state index >= 15 is 0 Å². The average Bonchev–Trinajstić information content (AvgIpc) is 3.56. The molecule has 0 unspecified atom stereocenters. The number of alkyl halides is 3. The minimum Gasteiger partial charge on any atom is -0.322 e. The molecular weight excluding hydrogens is 517 g/mol. The summed E-state index contributed by atoms with van der Waals surface area (Å²) in [5, 5.41) is 6.86. The van der Waals surface area contributed by atoms with Crippen LogP contribution in [0.3, 0.4) is 0 Å². The number of nitrogens with one attached hydrogen (secondary N) is 1. The number of likely N-dealkylation sites (N-methyl/N-ethyl adjacent to an activating group) is 1. The summed E-state index contributed by atoms with van der Waals surface area (Å²) in [6.45, 7) is 3.53. The van der Waals surface area contributed by atoms with Crippen LogP contribution in [-0.2, 0) is 12.7 Å². The Bertz CT molecular complexity index is 1620. The van der Waals surface area contributed by atoms with Crippen LogP contribution >= 0.6 is 0 Å². The zero-order chi connectivity index (χ0) is 28.4. The molecule has 1 N–H and O–H groups in total. The van der Waals surface area contributed by atoms with Crippen LogP contribution in [-0.4, -0.2) is 63.5 Å². The minimum atomic E-state index is -4.55. The quantitative estimate of drug-likeness (QED) is 0.363. The van der Waals surface area contributed by atoms with Gasteiger partial charge < -0.3 is 10.2 Å². The van der Waals surface area contributed by atoms with Crippen molar-refractivity contribution in [2.45, 2.75) is 32.1 Å². The van der Waals surface area contributed by atoms with Gasteiger partial charge in [-0.05, 0) is 80.9 Å². The van der Waals surface area contributed by atoms with E-state index in [1.165, 1.54) is 12.1 Å². The number of halogens is 3. The SMILES string of the molecule is Cc1ccc(C(=O)Nc2ccc(CN3CC[C@@H](N(C)C)C3)c(C(F)(F)F)c2)cc1C#Cc1cnc2cccnn12. The molecule has 1 aliphatic rings. The van der Waals surface area contributed by atoms with Crippen molar-refractivity contribution in [2.75, 3.05) is 32.5 Å². The molecule has 1 amide bonds. The van der Waals surface area contributed by atoms with Crippen LogP contribution in [0.5, 0.6) is 0 Å². The first-order chi connectivity index (χ1) is 19.1. The van der Waals surface area contributed by atoms with Crippen molar-refractivity contribution in [3.05, 3.63) is 94.4 Å². The Morgan fingerprint density at radius 1 is 1.15 bits per heavy atom. The van der Waals surface area contributed by atoms with E-state index in [4.69, 9.17) is 0 Å². The molecule has 1 aliphatic heterocycles. The lowest BCUT2D eigenvalue weighted by Gasteiger charge is -2.22.